The summed E-state index contributed by atoms with van der Waals surface area (Å²) in [5.41, 5.74) is -3.16. The van der Waals surface area contributed by atoms with Gasteiger partial charge in [-0.3, -0.25) is 4.79 Å². The molecule has 0 aromatic carbocycles. The summed E-state index contributed by atoms with van der Waals surface area (Å²) in [7, 11) is 0. The van der Waals surface area contributed by atoms with E-state index in [9.17, 15) is 19.8 Å². The lowest BCUT2D eigenvalue weighted by atomic mass is 9.55. The first-order valence-electron chi connectivity index (χ1n) is 8.23. The van der Waals surface area contributed by atoms with Gasteiger partial charge in [0.05, 0.1) is 13.1 Å². The number of likely N-dealkylation sites (tertiary alicyclic amines) is 1. The molecule has 0 aromatic rings. The van der Waals surface area contributed by atoms with Crippen molar-refractivity contribution in [3.63, 3.8) is 0 Å². The molecule has 130 valence electrons. The van der Waals surface area contributed by atoms with Crippen molar-refractivity contribution in [2.75, 3.05) is 32.7 Å². The number of β-amino-alcohol motifs (C(OH)–C–C–N with tert-alkyl or cyclic N) is 1. The van der Waals surface area contributed by atoms with Gasteiger partial charge in [-0.25, -0.2) is 4.79 Å². The van der Waals surface area contributed by atoms with Crippen LogP contribution >= 0.6 is 0 Å². The number of hydrogen-bond donors (Lipinski definition) is 2. The summed E-state index contributed by atoms with van der Waals surface area (Å²) in [5, 5.41) is 20.9. The van der Waals surface area contributed by atoms with E-state index in [1.165, 1.54) is 4.90 Å². The van der Waals surface area contributed by atoms with Crippen molar-refractivity contribution >= 4 is 12.1 Å². The van der Waals surface area contributed by atoms with Gasteiger partial charge in [-0.1, -0.05) is 0 Å². The number of hydrogen-bond acceptors (Lipinski definition) is 5. The smallest absolute Gasteiger partial charge is 0.410 e. The lowest BCUT2D eigenvalue weighted by Gasteiger charge is -2.62. The molecule has 0 aromatic heterocycles. The van der Waals surface area contributed by atoms with E-state index in [4.69, 9.17) is 4.74 Å². The lowest BCUT2D eigenvalue weighted by molar-refractivity contribution is -0.232. The number of aliphatic hydroxyl groups is 1. The standard InChI is InChI=1S/C16H26N2O5/c1-14(2,3)23-13(21)18-8-15(22,9-18)16(12(19)20)10-17-6-4-11(16)5-7-17/h11,22H,4-10H2,1-3H3,(H,19,20). The minimum absolute atomic E-state index is 0.0263. The minimum atomic E-state index is -1.38. The van der Waals surface area contributed by atoms with Gasteiger partial charge < -0.3 is 24.7 Å². The first-order valence-corrected chi connectivity index (χ1v) is 8.23. The summed E-state index contributed by atoms with van der Waals surface area (Å²) >= 11 is 0. The van der Waals surface area contributed by atoms with Crippen LogP contribution in [-0.2, 0) is 9.53 Å². The number of piperidine rings is 3. The second kappa shape index (κ2) is 5.08. The van der Waals surface area contributed by atoms with Crippen LogP contribution in [0.1, 0.15) is 33.6 Å². The molecule has 4 saturated heterocycles. The molecule has 1 atom stereocenters. The van der Waals surface area contributed by atoms with Gasteiger partial charge in [0.2, 0.25) is 0 Å². The van der Waals surface area contributed by atoms with Crippen molar-refractivity contribution in [1.29, 1.82) is 0 Å². The van der Waals surface area contributed by atoms with Gasteiger partial charge in [0.15, 0.2) is 0 Å². The van der Waals surface area contributed by atoms with E-state index < -0.39 is 28.7 Å². The molecule has 4 heterocycles. The molecule has 4 aliphatic rings. The third-order valence-corrected chi connectivity index (χ3v) is 5.53. The van der Waals surface area contributed by atoms with Crippen molar-refractivity contribution in [2.24, 2.45) is 11.3 Å². The van der Waals surface area contributed by atoms with Gasteiger partial charge in [0, 0.05) is 6.54 Å². The number of amides is 1. The molecule has 0 spiro atoms. The highest BCUT2D eigenvalue weighted by molar-refractivity contribution is 5.79. The molecule has 4 rings (SSSR count). The van der Waals surface area contributed by atoms with Crippen LogP contribution in [0.2, 0.25) is 0 Å². The van der Waals surface area contributed by atoms with Gasteiger partial charge in [-0.2, -0.15) is 0 Å². The van der Waals surface area contributed by atoms with E-state index >= 15 is 0 Å². The maximum atomic E-state index is 12.1. The Balaban J connectivity index is 1.76. The Kier molecular flexibility index (Phi) is 3.65. The summed E-state index contributed by atoms with van der Waals surface area (Å²) in [5.74, 6) is -0.978. The fraction of sp³-hybridized carbons (Fsp3) is 0.875. The molecule has 0 saturated carbocycles. The summed E-state index contributed by atoms with van der Waals surface area (Å²) in [4.78, 5) is 27.7. The number of aliphatic carboxylic acids is 1. The number of nitrogens with zero attached hydrogens (tertiary/aromatic N) is 2. The predicted octanol–water partition coefficient (Wildman–Crippen LogP) is 0.765. The quantitative estimate of drug-likeness (QED) is 0.779. The van der Waals surface area contributed by atoms with E-state index in [-0.39, 0.29) is 19.0 Å². The van der Waals surface area contributed by atoms with Gasteiger partial charge in [0.25, 0.3) is 0 Å². The largest absolute Gasteiger partial charge is 0.481 e. The maximum absolute atomic E-state index is 12.1. The lowest BCUT2D eigenvalue weighted by Crippen LogP contribution is -2.78. The molecule has 0 aliphatic carbocycles. The monoisotopic (exact) mass is 326 g/mol. The SMILES string of the molecule is CC(C)(C)OC(=O)N1CC(O)(C2(C(=O)O)CN3CCC2CC3)C1. The second-order valence-electron chi connectivity index (χ2n) is 8.19. The number of carboxylic acid groups (broad SMARTS) is 1. The van der Waals surface area contributed by atoms with E-state index in [2.05, 4.69) is 4.90 Å². The molecule has 0 radical (unpaired) electrons. The summed E-state index contributed by atoms with van der Waals surface area (Å²) < 4.78 is 5.30. The van der Waals surface area contributed by atoms with Crippen molar-refractivity contribution in [1.82, 2.24) is 9.80 Å². The van der Waals surface area contributed by atoms with Crippen LogP contribution in [0.5, 0.6) is 0 Å². The highest BCUT2D eigenvalue weighted by Crippen LogP contribution is 2.52. The average molecular weight is 326 g/mol. The van der Waals surface area contributed by atoms with Crippen molar-refractivity contribution in [2.45, 2.75) is 44.8 Å². The molecule has 2 bridgehead atoms. The number of ether oxygens (including phenoxy) is 1. The molecule has 1 unspecified atom stereocenters. The number of carbonyl (C=O) groups is 2. The third kappa shape index (κ3) is 2.50. The van der Waals surface area contributed by atoms with Crippen molar-refractivity contribution in [3.05, 3.63) is 0 Å². The zero-order chi connectivity index (χ0) is 17.0. The molecule has 4 aliphatic heterocycles. The molecule has 7 heteroatoms. The fourth-order valence-electron chi connectivity index (χ4n) is 4.36. The van der Waals surface area contributed by atoms with Crippen LogP contribution in [0.25, 0.3) is 0 Å². The Morgan fingerprint density at radius 1 is 1.13 bits per heavy atom. The fourth-order valence-corrected chi connectivity index (χ4v) is 4.36. The first kappa shape index (κ1) is 16.5. The highest BCUT2D eigenvalue weighted by Gasteiger charge is 2.68. The molecule has 2 N–H and O–H groups in total. The summed E-state index contributed by atoms with van der Waals surface area (Å²) in [6.07, 6.45) is 1.09. The first-order chi connectivity index (χ1) is 10.6. The van der Waals surface area contributed by atoms with Gasteiger partial charge in [0.1, 0.15) is 16.6 Å². The van der Waals surface area contributed by atoms with Crippen LogP contribution in [0, 0.1) is 11.3 Å². The number of carboxylic acids is 1. The number of fused-ring (bicyclic) bond motifs is 3. The van der Waals surface area contributed by atoms with Crippen LogP contribution in [-0.4, -0.2) is 76.0 Å². The normalized spacial score (nSPS) is 35.6. The Bertz CT molecular complexity index is 515. The molecule has 1 amide bonds. The number of rotatable bonds is 2. The Labute approximate surface area is 136 Å². The molecule has 7 nitrogen and oxygen atoms in total. The molecule has 4 fully saturated rings. The second-order valence-corrected chi connectivity index (χ2v) is 8.19. The van der Waals surface area contributed by atoms with Crippen LogP contribution in [0.4, 0.5) is 4.79 Å². The Hall–Kier alpha value is -1.34. The van der Waals surface area contributed by atoms with Crippen LogP contribution in [0.15, 0.2) is 0 Å². The maximum Gasteiger partial charge on any atom is 0.410 e. The van der Waals surface area contributed by atoms with Gasteiger partial charge in [-0.15, -0.1) is 0 Å². The van der Waals surface area contributed by atoms with E-state index in [0.717, 1.165) is 25.9 Å². The zero-order valence-corrected chi connectivity index (χ0v) is 14.0. The highest BCUT2D eigenvalue weighted by atomic mass is 16.6. The summed E-state index contributed by atoms with van der Waals surface area (Å²) in [6, 6.07) is 0. The minimum Gasteiger partial charge on any atom is -0.481 e. The van der Waals surface area contributed by atoms with E-state index in [1.807, 2.05) is 0 Å². The molecule has 23 heavy (non-hydrogen) atoms. The zero-order valence-electron chi connectivity index (χ0n) is 14.0. The molecular weight excluding hydrogens is 300 g/mol. The van der Waals surface area contributed by atoms with E-state index in [0.29, 0.717) is 6.54 Å². The van der Waals surface area contributed by atoms with Gasteiger partial charge in [-0.05, 0) is 52.6 Å². The number of carbonyl (C=O) groups excluding carboxylic acids is 1. The van der Waals surface area contributed by atoms with Crippen molar-refractivity contribution in [3.8, 4) is 0 Å². The topological polar surface area (TPSA) is 90.3 Å². The third-order valence-electron chi connectivity index (χ3n) is 5.53. The Morgan fingerprint density at radius 2 is 1.70 bits per heavy atom. The van der Waals surface area contributed by atoms with E-state index in [1.54, 1.807) is 20.8 Å². The molecular formula is C16H26N2O5. The van der Waals surface area contributed by atoms with Gasteiger partial charge >= 0.3 is 12.1 Å². The predicted molar refractivity (Wildman–Crippen MR) is 82.0 cm³/mol. The average Bonchev–Trinajstić information content (AvgIpc) is 2.42. The van der Waals surface area contributed by atoms with Crippen molar-refractivity contribution < 1.29 is 24.5 Å². The van der Waals surface area contributed by atoms with Crippen LogP contribution < -0.4 is 0 Å². The Morgan fingerprint density at radius 3 is 2.09 bits per heavy atom. The summed E-state index contributed by atoms with van der Waals surface area (Å²) in [6.45, 7) is 7.55. The van der Waals surface area contributed by atoms with Crippen LogP contribution in [0.3, 0.4) is 0 Å².